The highest BCUT2D eigenvalue weighted by Crippen LogP contribution is 2.29. The second-order valence-corrected chi connectivity index (χ2v) is 9.07. The van der Waals surface area contributed by atoms with E-state index in [1.165, 1.54) is 22.8 Å². The summed E-state index contributed by atoms with van der Waals surface area (Å²) in [5.41, 5.74) is 0.854. The highest BCUT2D eigenvalue weighted by Gasteiger charge is 2.37. The number of sulfonamides is 1. The molecule has 2 aliphatic rings. The molecule has 3 heterocycles. The Bertz CT molecular complexity index is 791. The average molecular weight is 388 g/mol. The molecule has 2 amide bonds. The molecule has 1 fully saturated rings. The van der Waals surface area contributed by atoms with Crippen LogP contribution in [0.15, 0.2) is 0 Å². The number of hydrogen-bond acceptors (Lipinski definition) is 7. The number of anilines is 1. The van der Waals surface area contributed by atoms with E-state index in [-0.39, 0.29) is 12.0 Å². The summed E-state index contributed by atoms with van der Waals surface area (Å²) >= 11 is 1.30. The first kappa shape index (κ1) is 18.1. The summed E-state index contributed by atoms with van der Waals surface area (Å²) < 4.78 is 29.5. The summed E-state index contributed by atoms with van der Waals surface area (Å²) in [6.45, 7) is 1.27. The van der Waals surface area contributed by atoms with Crippen molar-refractivity contribution >= 4 is 38.5 Å². The van der Waals surface area contributed by atoms with Gasteiger partial charge in [0.2, 0.25) is 15.9 Å². The van der Waals surface area contributed by atoms with Crippen molar-refractivity contribution in [3.8, 4) is 0 Å². The molecule has 0 aromatic carbocycles. The van der Waals surface area contributed by atoms with Gasteiger partial charge in [-0.3, -0.25) is 4.79 Å². The Morgan fingerprint density at radius 1 is 1.36 bits per heavy atom. The van der Waals surface area contributed by atoms with Crippen molar-refractivity contribution in [3.05, 3.63) is 10.6 Å². The van der Waals surface area contributed by atoms with Gasteiger partial charge in [0.15, 0.2) is 5.13 Å². The van der Waals surface area contributed by atoms with Gasteiger partial charge in [-0.25, -0.2) is 18.2 Å². The smallest absolute Gasteiger partial charge is 0.409 e. The Hall–Kier alpha value is -1.72. The van der Waals surface area contributed by atoms with Crippen LogP contribution in [0.3, 0.4) is 0 Å². The fourth-order valence-electron chi connectivity index (χ4n) is 3.12. The normalized spacial score (nSPS) is 21.0. The predicted octanol–water partition coefficient (Wildman–Crippen LogP) is 0.630. The number of ether oxygens (including phenoxy) is 1. The molecule has 1 atom stereocenters. The van der Waals surface area contributed by atoms with Crippen LogP contribution < -0.4 is 5.32 Å². The molecule has 138 valence electrons. The van der Waals surface area contributed by atoms with E-state index >= 15 is 0 Å². The lowest BCUT2D eigenvalue weighted by Crippen LogP contribution is -2.42. The highest BCUT2D eigenvalue weighted by atomic mass is 32.2. The van der Waals surface area contributed by atoms with Crippen molar-refractivity contribution in [1.29, 1.82) is 0 Å². The van der Waals surface area contributed by atoms with Crippen molar-refractivity contribution < 1.29 is 22.7 Å². The summed E-state index contributed by atoms with van der Waals surface area (Å²) in [6, 6.07) is -0.692. The van der Waals surface area contributed by atoms with Crippen molar-refractivity contribution in [2.24, 2.45) is 0 Å². The molecule has 11 heteroatoms. The molecule has 9 nitrogen and oxygen atoms in total. The number of aromatic nitrogens is 1. The van der Waals surface area contributed by atoms with Gasteiger partial charge in [-0.1, -0.05) is 11.3 Å². The molecule has 1 unspecified atom stereocenters. The molecule has 3 rings (SSSR count). The van der Waals surface area contributed by atoms with Gasteiger partial charge < -0.3 is 15.0 Å². The van der Waals surface area contributed by atoms with Crippen LogP contribution in [-0.4, -0.2) is 67.1 Å². The van der Waals surface area contributed by atoms with Crippen molar-refractivity contribution in [2.45, 2.75) is 31.8 Å². The number of nitrogens with zero attached hydrogens (tertiary/aromatic N) is 3. The van der Waals surface area contributed by atoms with E-state index in [0.29, 0.717) is 44.0 Å². The molecular formula is C14H20N4O5S2. The van der Waals surface area contributed by atoms with E-state index in [1.54, 1.807) is 4.90 Å². The topological polar surface area (TPSA) is 109 Å². The van der Waals surface area contributed by atoms with Crippen LogP contribution in [0, 0.1) is 0 Å². The molecule has 0 radical (unpaired) electrons. The van der Waals surface area contributed by atoms with Gasteiger partial charge in [-0.05, 0) is 12.8 Å². The zero-order valence-electron chi connectivity index (χ0n) is 14.0. The van der Waals surface area contributed by atoms with Crippen LogP contribution in [0.5, 0.6) is 0 Å². The van der Waals surface area contributed by atoms with E-state index in [4.69, 9.17) is 4.74 Å². The maximum absolute atomic E-state index is 12.5. The molecule has 1 N–H and O–H groups in total. The van der Waals surface area contributed by atoms with Gasteiger partial charge in [0.1, 0.15) is 6.04 Å². The highest BCUT2D eigenvalue weighted by molar-refractivity contribution is 7.88. The zero-order chi connectivity index (χ0) is 18.2. The van der Waals surface area contributed by atoms with Crippen LogP contribution >= 0.6 is 11.3 Å². The number of amides is 2. The minimum absolute atomic E-state index is 0.360. The fourth-order valence-corrected chi connectivity index (χ4v) is 5.27. The van der Waals surface area contributed by atoms with Crippen LogP contribution in [0.1, 0.15) is 23.4 Å². The Balaban J connectivity index is 1.70. The molecule has 0 aliphatic carbocycles. The Morgan fingerprint density at radius 2 is 2.12 bits per heavy atom. The molecule has 1 aromatic heterocycles. The van der Waals surface area contributed by atoms with Crippen LogP contribution in [0.25, 0.3) is 0 Å². The van der Waals surface area contributed by atoms with Crippen LogP contribution in [0.2, 0.25) is 0 Å². The minimum Gasteiger partial charge on any atom is -0.453 e. The first-order chi connectivity index (χ1) is 11.8. The number of rotatable bonds is 3. The Kier molecular flexibility index (Phi) is 4.98. The second kappa shape index (κ2) is 6.89. The number of thiazole rings is 1. The largest absolute Gasteiger partial charge is 0.453 e. The molecular weight excluding hydrogens is 368 g/mol. The number of fused-ring (bicyclic) bond motifs is 1. The first-order valence-corrected chi connectivity index (χ1v) is 10.5. The van der Waals surface area contributed by atoms with E-state index in [9.17, 15) is 18.0 Å². The molecule has 0 bridgehead atoms. The second-order valence-electron chi connectivity index (χ2n) is 6.05. The van der Waals surface area contributed by atoms with E-state index < -0.39 is 16.1 Å². The third kappa shape index (κ3) is 3.77. The van der Waals surface area contributed by atoms with Crippen LogP contribution in [-0.2, 0) is 32.5 Å². The SMILES string of the molecule is COC(=O)N1CCc2nc(NC(=O)C3CCCN3S(C)(=O)=O)sc2C1. The lowest BCUT2D eigenvalue weighted by Gasteiger charge is -2.24. The minimum atomic E-state index is -3.41. The van der Waals surface area contributed by atoms with E-state index in [2.05, 4.69) is 10.3 Å². The number of carbonyl (C=O) groups is 2. The summed E-state index contributed by atoms with van der Waals surface area (Å²) in [7, 11) is -2.07. The molecule has 0 spiro atoms. The molecule has 0 saturated carbocycles. The van der Waals surface area contributed by atoms with Gasteiger partial charge in [0, 0.05) is 24.4 Å². The van der Waals surface area contributed by atoms with Crippen molar-refractivity contribution in [1.82, 2.24) is 14.2 Å². The predicted molar refractivity (Wildman–Crippen MR) is 91.8 cm³/mol. The monoisotopic (exact) mass is 388 g/mol. The number of hydrogen-bond donors (Lipinski definition) is 1. The molecule has 1 saturated heterocycles. The van der Waals surface area contributed by atoms with Crippen molar-refractivity contribution in [2.75, 3.05) is 31.8 Å². The van der Waals surface area contributed by atoms with Gasteiger partial charge in [-0.15, -0.1) is 0 Å². The van der Waals surface area contributed by atoms with Gasteiger partial charge in [0.05, 0.1) is 25.6 Å². The fraction of sp³-hybridized carbons (Fsp3) is 0.643. The third-order valence-electron chi connectivity index (χ3n) is 4.33. The Morgan fingerprint density at radius 3 is 2.80 bits per heavy atom. The number of nitrogens with one attached hydrogen (secondary N) is 1. The van der Waals surface area contributed by atoms with Crippen molar-refractivity contribution in [3.63, 3.8) is 0 Å². The summed E-state index contributed by atoms with van der Waals surface area (Å²) in [6.07, 6.45) is 2.48. The summed E-state index contributed by atoms with van der Waals surface area (Å²) in [5, 5.41) is 3.16. The molecule has 25 heavy (non-hydrogen) atoms. The third-order valence-corrected chi connectivity index (χ3v) is 6.61. The lowest BCUT2D eigenvalue weighted by molar-refractivity contribution is -0.119. The lowest BCUT2D eigenvalue weighted by atomic mass is 10.2. The van der Waals surface area contributed by atoms with Gasteiger partial charge >= 0.3 is 6.09 Å². The molecule has 2 aliphatic heterocycles. The summed E-state index contributed by atoms with van der Waals surface area (Å²) in [4.78, 5) is 31.0. The first-order valence-electron chi connectivity index (χ1n) is 7.88. The standard InChI is InChI=1S/C14H20N4O5S2/c1-23-14(20)17-7-5-9-11(8-17)24-13(15-9)16-12(19)10-4-3-6-18(10)25(2,21)22/h10H,3-8H2,1-2H3,(H,15,16,19). The van der Waals surface area contributed by atoms with E-state index in [1.807, 2.05) is 0 Å². The van der Waals surface area contributed by atoms with Crippen LogP contribution in [0.4, 0.5) is 9.93 Å². The number of carbonyl (C=O) groups excluding carboxylic acids is 2. The maximum Gasteiger partial charge on any atom is 0.409 e. The van der Waals surface area contributed by atoms with E-state index in [0.717, 1.165) is 16.8 Å². The van der Waals surface area contributed by atoms with Gasteiger partial charge in [0.25, 0.3) is 0 Å². The molecule has 1 aromatic rings. The maximum atomic E-state index is 12.5. The van der Waals surface area contributed by atoms with Gasteiger partial charge in [-0.2, -0.15) is 4.31 Å². The number of methoxy groups -OCH3 is 1. The average Bonchev–Trinajstić information content (AvgIpc) is 3.19. The Labute approximate surface area is 150 Å². The zero-order valence-corrected chi connectivity index (χ0v) is 15.7. The quantitative estimate of drug-likeness (QED) is 0.813. The summed E-state index contributed by atoms with van der Waals surface area (Å²) in [5.74, 6) is -0.362.